The summed E-state index contributed by atoms with van der Waals surface area (Å²) in [6, 6.07) is 9.69. The maximum absolute atomic E-state index is 5.42. The van der Waals surface area contributed by atoms with Crippen LogP contribution < -0.4 is 0 Å². The highest BCUT2D eigenvalue weighted by molar-refractivity contribution is 7.71. The third-order valence-electron chi connectivity index (χ3n) is 4.02. The minimum atomic E-state index is 0.610. The van der Waals surface area contributed by atoms with E-state index < -0.39 is 0 Å². The smallest absolute Gasteiger partial charge is 0.147 e. The normalized spacial score (nSPS) is 11.8. The largest absolute Gasteiger partial charge is 0.342 e. The lowest BCUT2D eigenvalue weighted by atomic mass is 10.1. The standard InChI is InChI=1S/C18H15N5S2/c1-9-13-15-16(17(24)21-11(3)20-15)25-18(13)19-10(2)14(9)23-22-12-7-5-4-6-8-12/h4-8H,1-3H3,(H,20,21,24). The molecule has 4 aromatic rings. The second-order valence-corrected chi connectivity index (χ2v) is 7.21. The lowest BCUT2D eigenvalue weighted by Gasteiger charge is -2.05. The first-order valence-electron chi connectivity index (χ1n) is 7.81. The van der Waals surface area contributed by atoms with Crippen LogP contribution in [-0.4, -0.2) is 15.0 Å². The first-order valence-corrected chi connectivity index (χ1v) is 9.04. The van der Waals surface area contributed by atoms with Crippen LogP contribution in [0.5, 0.6) is 0 Å². The Morgan fingerprint density at radius 1 is 1.04 bits per heavy atom. The van der Waals surface area contributed by atoms with Gasteiger partial charge in [0.2, 0.25) is 0 Å². The van der Waals surface area contributed by atoms with Gasteiger partial charge in [0.1, 0.15) is 21.0 Å². The number of aromatic nitrogens is 3. The van der Waals surface area contributed by atoms with Crippen LogP contribution in [-0.2, 0) is 0 Å². The third-order valence-corrected chi connectivity index (χ3v) is 5.54. The summed E-state index contributed by atoms with van der Waals surface area (Å²) in [6.45, 7) is 5.92. The van der Waals surface area contributed by atoms with E-state index in [-0.39, 0.29) is 0 Å². The molecule has 3 heterocycles. The number of nitrogens with one attached hydrogen (secondary N) is 1. The van der Waals surface area contributed by atoms with E-state index in [0.29, 0.717) is 4.64 Å². The Kier molecular flexibility index (Phi) is 3.89. The van der Waals surface area contributed by atoms with Gasteiger partial charge in [0.15, 0.2) is 0 Å². The zero-order valence-corrected chi connectivity index (χ0v) is 15.6. The van der Waals surface area contributed by atoms with Crippen LogP contribution in [0, 0.1) is 25.4 Å². The van der Waals surface area contributed by atoms with Crippen molar-refractivity contribution in [2.45, 2.75) is 20.8 Å². The fourth-order valence-corrected chi connectivity index (χ4v) is 4.36. The van der Waals surface area contributed by atoms with Crippen molar-refractivity contribution in [3.8, 4) is 0 Å². The maximum atomic E-state index is 5.42. The van der Waals surface area contributed by atoms with E-state index in [4.69, 9.17) is 17.2 Å². The highest BCUT2D eigenvalue weighted by Crippen LogP contribution is 2.39. The Balaban J connectivity index is 1.98. The summed E-state index contributed by atoms with van der Waals surface area (Å²) >= 11 is 6.98. The SMILES string of the molecule is Cc1nc(=S)c2sc3nc(C)c(N=Nc4ccccc4)c(C)c3c2[nH]1. The molecular weight excluding hydrogens is 350 g/mol. The summed E-state index contributed by atoms with van der Waals surface area (Å²) in [5.41, 5.74) is 4.50. The molecule has 3 aromatic heterocycles. The second kappa shape index (κ2) is 6.09. The summed E-state index contributed by atoms with van der Waals surface area (Å²) in [4.78, 5) is 13.4. The lowest BCUT2D eigenvalue weighted by Crippen LogP contribution is -1.90. The Morgan fingerprint density at radius 3 is 2.56 bits per heavy atom. The Hall–Kier alpha value is -2.51. The number of hydrogen-bond donors (Lipinski definition) is 1. The van der Waals surface area contributed by atoms with Gasteiger partial charge in [-0.3, -0.25) is 0 Å². The summed E-state index contributed by atoms with van der Waals surface area (Å²) in [7, 11) is 0. The molecule has 0 fully saturated rings. The van der Waals surface area contributed by atoms with E-state index in [1.807, 2.05) is 44.2 Å². The highest BCUT2D eigenvalue weighted by atomic mass is 32.1. The van der Waals surface area contributed by atoms with Crippen LogP contribution in [0.15, 0.2) is 40.6 Å². The molecule has 0 saturated heterocycles. The summed E-state index contributed by atoms with van der Waals surface area (Å²) in [5.74, 6) is 0.796. The maximum Gasteiger partial charge on any atom is 0.147 e. The monoisotopic (exact) mass is 365 g/mol. The molecule has 0 unspecified atom stereocenters. The third kappa shape index (κ3) is 2.75. The fourth-order valence-electron chi connectivity index (χ4n) is 2.87. The molecule has 124 valence electrons. The number of rotatable bonds is 2. The molecule has 1 N–H and O–H groups in total. The molecule has 0 amide bonds. The summed E-state index contributed by atoms with van der Waals surface area (Å²) < 4.78 is 1.57. The number of azo groups is 1. The minimum Gasteiger partial charge on any atom is -0.342 e. The van der Waals surface area contributed by atoms with Crippen molar-refractivity contribution in [3.63, 3.8) is 0 Å². The Labute approximate surface area is 153 Å². The highest BCUT2D eigenvalue weighted by Gasteiger charge is 2.16. The molecule has 1 aromatic carbocycles. The number of benzene rings is 1. The van der Waals surface area contributed by atoms with Crippen molar-refractivity contribution in [1.29, 1.82) is 0 Å². The zero-order valence-electron chi connectivity index (χ0n) is 14.0. The number of pyridine rings is 1. The molecule has 0 atom stereocenters. The summed E-state index contributed by atoms with van der Waals surface area (Å²) in [5, 5.41) is 9.86. The lowest BCUT2D eigenvalue weighted by molar-refractivity contribution is 1.09. The van der Waals surface area contributed by atoms with E-state index in [2.05, 4.69) is 27.1 Å². The van der Waals surface area contributed by atoms with Crippen LogP contribution in [0.4, 0.5) is 11.4 Å². The number of hydrogen-bond acceptors (Lipinski definition) is 6. The van der Waals surface area contributed by atoms with Gasteiger partial charge in [-0.1, -0.05) is 30.4 Å². The Bertz CT molecular complexity index is 1190. The van der Waals surface area contributed by atoms with Gasteiger partial charge in [-0.15, -0.1) is 16.5 Å². The molecule has 0 aliphatic heterocycles. The fraction of sp³-hybridized carbons (Fsp3) is 0.167. The van der Waals surface area contributed by atoms with Crippen molar-refractivity contribution in [3.05, 3.63) is 52.1 Å². The van der Waals surface area contributed by atoms with Gasteiger partial charge in [0, 0.05) is 5.39 Å². The number of H-pyrrole nitrogens is 1. The average Bonchev–Trinajstić information content (AvgIpc) is 2.94. The molecule has 0 aliphatic rings. The van der Waals surface area contributed by atoms with Crippen LogP contribution in [0.2, 0.25) is 0 Å². The molecule has 0 bridgehead atoms. The van der Waals surface area contributed by atoms with Gasteiger partial charge in [0.05, 0.1) is 21.6 Å². The number of fused-ring (bicyclic) bond motifs is 3. The predicted molar refractivity (Wildman–Crippen MR) is 105 cm³/mol. The van der Waals surface area contributed by atoms with Crippen LogP contribution in [0.1, 0.15) is 17.1 Å². The molecule has 0 saturated carbocycles. The number of thiophene rings is 1. The number of aromatic amines is 1. The number of nitrogens with zero attached hydrogens (tertiary/aromatic N) is 4. The van der Waals surface area contributed by atoms with E-state index in [1.165, 1.54) is 0 Å². The second-order valence-electron chi connectivity index (χ2n) is 5.82. The van der Waals surface area contributed by atoms with Crippen molar-refractivity contribution < 1.29 is 0 Å². The first-order chi connectivity index (χ1) is 12.0. The molecule has 5 nitrogen and oxygen atoms in total. The quantitative estimate of drug-likeness (QED) is 0.337. The van der Waals surface area contributed by atoms with E-state index >= 15 is 0 Å². The van der Waals surface area contributed by atoms with E-state index in [9.17, 15) is 0 Å². The molecule has 7 heteroatoms. The summed E-state index contributed by atoms with van der Waals surface area (Å²) in [6.07, 6.45) is 0. The zero-order chi connectivity index (χ0) is 17.6. The molecule has 0 radical (unpaired) electrons. The molecule has 0 aliphatic carbocycles. The molecule has 0 spiro atoms. The van der Waals surface area contributed by atoms with Crippen molar-refractivity contribution in [1.82, 2.24) is 15.0 Å². The van der Waals surface area contributed by atoms with Crippen LogP contribution in [0.3, 0.4) is 0 Å². The van der Waals surface area contributed by atoms with Crippen molar-refractivity contribution in [2.24, 2.45) is 10.2 Å². The van der Waals surface area contributed by atoms with E-state index in [1.54, 1.807) is 11.3 Å². The van der Waals surface area contributed by atoms with E-state index in [0.717, 1.165) is 48.9 Å². The van der Waals surface area contributed by atoms with Gasteiger partial charge in [-0.05, 0) is 38.5 Å². The first kappa shape index (κ1) is 16.0. The van der Waals surface area contributed by atoms with Gasteiger partial charge in [-0.25, -0.2) is 9.97 Å². The minimum absolute atomic E-state index is 0.610. The van der Waals surface area contributed by atoms with Gasteiger partial charge >= 0.3 is 0 Å². The van der Waals surface area contributed by atoms with Crippen LogP contribution in [0.25, 0.3) is 20.4 Å². The average molecular weight is 365 g/mol. The van der Waals surface area contributed by atoms with Crippen LogP contribution >= 0.6 is 23.6 Å². The number of aryl methyl sites for hydroxylation is 3. The topological polar surface area (TPSA) is 66.3 Å². The van der Waals surface area contributed by atoms with Gasteiger partial charge < -0.3 is 4.98 Å². The predicted octanol–water partition coefficient (Wildman–Crippen LogP) is 6.24. The van der Waals surface area contributed by atoms with Gasteiger partial charge in [-0.2, -0.15) is 5.11 Å². The van der Waals surface area contributed by atoms with Crippen molar-refractivity contribution in [2.75, 3.05) is 0 Å². The molecular formula is C18H15N5S2. The molecule has 25 heavy (non-hydrogen) atoms. The Morgan fingerprint density at radius 2 is 1.80 bits per heavy atom. The molecule has 4 rings (SSSR count). The van der Waals surface area contributed by atoms with Crippen molar-refractivity contribution >= 4 is 55.4 Å². The van der Waals surface area contributed by atoms with Gasteiger partial charge in [0.25, 0.3) is 0 Å².